The van der Waals surface area contributed by atoms with Gasteiger partial charge in [0, 0.05) is 17.9 Å². The van der Waals surface area contributed by atoms with Gasteiger partial charge in [-0.25, -0.2) is 0 Å². The predicted octanol–water partition coefficient (Wildman–Crippen LogP) is -5.67. The highest BCUT2D eigenvalue weighted by Gasteiger charge is 2.38. The van der Waals surface area contributed by atoms with Gasteiger partial charge in [-0.15, -0.1) is 0 Å². The molecule has 21 N–H and O–H groups in total. The second-order valence-electron chi connectivity index (χ2n) is 22.6. The summed E-state index contributed by atoms with van der Waals surface area (Å²) in [5.74, 6) is -14.4. The molecule has 0 radical (unpaired) electrons. The molecule has 32 nitrogen and oxygen atoms in total. The summed E-state index contributed by atoms with van der Waals surface area (Å²) >= 11 is 8.31. The average Bonchev–Trinajstić information content (AvgIpc) is 1.88. The van der Waals surface area contributed by atoms with E-state index in [-0.39, 0.29) is 54.9 Å². The number of carboxylic acid groups (broad SMARTS) is 1. The zero-order chi connectivity index (χ0) is 69.4. The lowest BCUT2D eigenvalue weighted by molar-refractivity contribution is -0.142. The number of thiol groups is 2. The van der Waals surface area contributed by atoms with E-state index in [4.69, 9.17) is 11.5 Å². The number of phenols is 1. The molecule has 0 bridgehead atoms. The van der Waals surface area contributed by atoms with Crippen LogP contribution in [0.4, 0.5) is 0 Å². The van der Waals surface area contributed by atoms with E-state index in [1.807, 2.05) is 6.92 Å². The van der Waals surface area contributed by atoms with Gasteiger partial charge in [0.15, 0.2) is 0 Å². The SMILES string of the molecule is CC[C@H](C)[C@H](N)C(=O)N[C@@H](Cc1ccc(O)cc1)C(=O)NCC(=O)N[C@@H](CS)C(=O)N[C@@H](CO)C(=O)NCC(=O)N[C@@H](CCCCN)C(=O)N[C@@H](CC(C)C)C(=O)N[C@H](C(=O)N[C@@H](CS)C(=O)N[C@H](C(=O)N[C@H](C(=O)N[C@@H](C)C(=O)O)[C@@H](C)O)[C@@H](C)O)[C@@H](C)CC. The number of carbonyl (C=O) groups is 13. The number of phenolic OH excluding ortho intramolecular Hbond substituents is 1. The molecule has 1 rings (SSSR count). The minimum absolute atomic E-state index is 0.00810. The molecule has 0 heterocycles. The molecule has 91 heavy (non-hydrogen) atoms. The van der Waals surface area contributed by atoms with Gasteiger partial charge < -0.3 is 101 Å². The largest absolute Gasteiger partial charge is 0.508 e. The molecule has 0 aromatic heterocycles. The van der Waals surface area contributed by atoms with Gasteiger partial charge in [0.2, 0.25) is 70.9 Å². The van der Waals surface area contributed by atoms with Gasteiger partial charge in [0.1, 0.15) is 66.2 Å². The Labute approximate surface area is 540 Å². The van der Waals surface area contributed by atoms with Crippen molar-refractivity contribution >= 4 is 102 Å². The number of carboxylic acids is 1. The van der Waals surface area contributed by atoms with Crippen molar-refractivity contribution in [2.75, 3.05) is 37.7 Å². The second kappa shape index (κ2) is 41.9. The molecule has 0 spiro atoms. The molecule has 15 atom stereocenters. The highest BCUT2D eigenvalue weighted by Crippen LogP contribution is 2.15. The topological polar surface area (TPSA) is 519 Å². The van der Waals surface area contributed by atoms with Crippen molar-refractivity contribution in [3.63, 3.8) is 0 Å². The second-order valence-corrected chi connectivity index (χ2v) is 23.3. The first-order valence-corrected chi connectivity index (χ1v) is 31.2. The van der Waals surface area contributed by atoms with E-state index >= 15 is 0 Å². The molecule has 0 saturated heterocycles. The minimum atomic E-state index is -1.79. The summed E-state index contributed by atoms with van der Waals surface area (Å²) < 4.78 is 0. The van der Waals surface area contributed by atoms with E-state index in [9.17, 15) is 87.9 Å². The van der Waals surface area contributed by atoms with Gasteiger partial charge in [-0.3, -0.25) is 62.3 Å². The molecular weight excluding hydrogens is 1230 g/mol. The maximum atomic E-state index is 14.2. The average molecular weight is 1330 g/mol. The van der Waals surface area contributed by atoms with Crippen molar-refractivity contribution in [2.24, 2.45) is 29.2 Å². The van der Waals surface area contributed by atoms with Crippen LogP contribution >= 0.6 is 25.3 Å². The van der Waals surface area contributed by atoms with Crippen molar-refractivity contribution in [3.8, 4) is 5.75 Å². The van der Waals surface area contributed by atoms with Gasteiger partial charge in [-0.2, -0.15) is 25.3 Å². The van der Waals surface area contributed by atoms with Crippen LogP contribution in [0.3, 0.4) is 0 Å². The predicted molar refractivity (Wildman–Crippen MR) is 338 cm³/mol. The first kappa shape index (κ1) is 81.6. The summed E-state index contributed by atoms with van der Waals surface area (Å²) in [4.78, 5) is 173. The molecular formula is C57H96N14O18S2. The van der Waals surface area contributed by atoms with E-state index in [0.717, 1.165) is 20.8 Å². The number of benzene rings is 1. The molecule has 0 aliphatic heterocycles. The van der Waals surface area contributed by atoms with Crippen LogP contribution in [-0.2, 0) is 68.7 Å². The molecule has 0 fully saturated rings. The van der Waals surface area contributed by atoms with Gasteiger partial charge >= 0.3 is 5.97 Å². The first-order chi connectivity index (χ1) is 42.7. The Hall–Kier alpha value is -7.37. The molecule has 12 amide bonds. The highest BCUT2D eigenvalue weighted by atomic mass is 32.1. The molecule has 0 unspecified atom stereocenters. The maximum absolute atomic E-state index is 14.2. The van der Waals surface area contributed by atoms with E-state index in [1.54, 1.807) is 34.6 Å². The van der Waals surface area contributed by atoms with Crippen LogP contribution in [0.5, 0.6) is 5.75 Å². The van der Waals surface area contributed by atoms with Crippen molar-refractivity contribution in [1.82, 2.24) is 63.8 Å². The van der Waals surface area contributed by atoms with E-state index in [1.165, 1.54) is 24.3 Å². The number of amides is 12. The summed E-state index contributed by atoms with van der Waals surface area (Å²) in [6.07, 6.45) is -1.67. The standard InChI is InChI=1S/C57H96N14O18S2/c1-10-28(5)43(59)53(84)66-37(21-33-15-17-34(75)18-16-33)47(78)60-23-42(77)64-39(25-90)51(82)67-38(24-72)48(79)61-22-41(76)63-35(14-12-13-19-58)49(80)65-36(20-27(3)4)50(81)69-44(29(6)11-2)54(85)68-40(26-91)52(83)70-46(32(9)74)56(87)71-45(31(8)73)55(86)62-30(7)57(88)89/h15-18,27-32,35-40,43-46,72-75,90-91H,10-14,19-26,58-59H2,1-9H3,(H,60,78)(H,61,79)(H,62,86)(H,63,76)(H,64,77)(H,65,80)(H,66,84)(H,67,82)(H,68,85)(H,69,81)(H,70,83)(H,71,87)(H,88,89)/t28-,29-,30-,31+,32+,35-,36-,37-,38-,39-,40-,43-,44-,45-,46-/m0/s1. The van der Waals surface area contributed by atoms with Crippen LogP contribution in [0.25, 0.3) is 0 Å². The zero-order valence-corrected chi connectivity index (χ0v) is 54.6. The number of aliphatic hydroxyl groups excluding tert-OH is 3. The van der Waals surface area contributed by atoms with Crippen LogP contribution in [0.1, 0.15) is 106 Å². The molecule has 1 aromatic carbocycles. The lowest BCUT2D eigenvalue weighted by atomic mass is 9.96. The van der Waals surface area contributed by atoms with Crippen LogP contribution in [0.2, 0.25) is 0 Å². The fraction of sp³-hybridized carbons (Fsp3) is 0.667. The minimum Gasteiger partial charge on any atom is -0.508 e. The molecule has 0 aliphatic rings. The molecule has 34 heteroatoms. The first-order valence-electron chi connectivity index (χ1n) is 29.9. The number of carbonyl (C=O) groups excluding carboxylic acids is 12. The number of aliphatic carboxylic acids is 1. The number of hydrogen-bond donors (Lipinski definition) is 21. The lowest BCUT2D eigenvalue weighted by Crippen LogP contribution is -2.63. The maximum Gasteiger partial charge on any atom is 0.325 e. The van der Waals surface area contributed by atoms with Crippen LogP contribution in [0, 0.1) is 17.8 Å². The Bertz CT molecular complexity index is 2610. The van der Waals surface area contributed by atoms with E-state index in [0.29, 0.717) is 31.2 Å². The summed E-state index contributed by atoms with van der Waals surface area (Å²) in [7, 11) is 0. The molecule has 0 aliphatic carbocycles. The zero-order valence-electron chi connectivity index (χ0n) is 52.8. The lowest BCUT2D eigenvalue weighted by Gasteiger charge is -2.30. The summed E-state index contributed by atoms with van der Waals surface area (Å²) in [5.41, 5.74) is 12.4. The monoisotopic (exact) mass is 1330 g/mol. The van der Waals surface area contributed by atoms with Crippen LogP contribution in [-0.4, -0.2) is 219 Å². The molecule has 0 saturated carbocycles. The molecule has 514 valence electrons. The number of hydrogen-bond acceptors (Lipinski definition) is 21. The third-order valence-corrected chi connectivity index (χ3v) is 15.2. The van der Waals surface area contributed by atoms with Gasteiger partial charge in [-0.1, -0.05) is 66.5 Å². The van der Waals surface area contributed by atoms with Crippen LogP contribution < -0.4 is 75.3 Å². The number of rotatable bonds is 42. The number of aromatic hydroxyl groups is 1. The normalized spacial score (nSPS) is 16.1. The number of nitrogens with one attached hydrogen (secondary N) is 12. The molecule has 1 aromatic rings. The van der Waals surface area contributed by atoms with Crippen molar-refractivity contribution in [2.45, 2.75) is 186 Å². The van der Waals surface area contributed by atoms with E-state index < -0.39 is 181 Å². The highest BCUT2D eigenvalue weighted by molar-refractivity contribution is 7.80. The Morgan fingerprint density at radius 2 is 0.912 bits per heavy atom. The fourth-order valence-corrected chi connectivity index (χ4v) is 8.92. The third-order valence-electron chi connectivity index (χ3n) is 14.5. The number of nitrogens with two attached hydrogens (primary N) is 2. The van der Waals surface area contributed by atoms with Crippen molar-refractivity contribution in [3.05, 3.63) is 29.8 Å². The third kappa shape index (κ3) is 29.2. The van der Waals surface area contributed by atoms with Gasteiger partial charge in [0.05, 0.1) is 37.9 Å². The number of unbranched alkanes of at least 4 members (excludes halogenated alkanes) is 1. The summed E-state index contributed by atoms with van der Waals surface area (Å²) in [6, 6.07) is -9.91. The van der Waals surface area contributed by atoms with Crippen molar-refractivity contribution < 1.29 is 87.9 Å². The summed E-state index contributed by atoms with van der Waals surface area (Å²) in [5, 5.41) is 78.5. The van der Waals surface area contributed by atoms with Gasteiger partial charge in [-0.05, 0) is 88.4 Å². The quantitative estimate of drug-likeness (QED) is 0.0214. The Kier molecular flexibility index (Phi) is 37.6. The van der Waals surface area contributed by atoms with Gasteiger partial charge in [0.25, 0.3) is 0 Å². The van der Waals surface area contributed by atoms with Crippen molar-refractivity contribution in [1.29, 1.82) is 0 Å². The summed E-state index contributed by atoms with van der Waals surface area (Å²) in [6.45, 7) is 11.6. The Morgan fingerprint density at radius 3 is 1.40 bits per heavy atom. The Morgan fingerprint density at radius 1 is 0.495 bits per heavy atom. The smallest absolute Gasteiger partial charge is 0.325 e. The van der Waals surface area contributed by atoms with E-state index in [2.05, 4.69) is 89.1 Å². The fourth-order valence-electron chi connectivity index (χ4n) is 8.41. The van der Waals surface area contributed by atoms with Crippen LogP contribution in [0.15, 0.2) is 24.3 Å². The number of aliphatic hydroxyl groups is 3. The Balaban J connectivity index is 3.17.